The number of benzene rings is 2. The van der Waals surface area contributed by atoms with Crippen molar-refractivity contribution in [2.45, 2.75) is 39.4 Å². The summed E-state index contributed by atoms with van der Waals surface area (Å²) >= 11 is 0. The Bertz CT molecular complexity index is 1090. The van der Waals surface area contributed by atoms with E-state index in [-0.39, 0.29) is 29.2 Å². The predicted molar refractivity (Wildman–Crippen MR) is 120 cm³/mol. The van der Waals surface area contributed by atoms with Crippen LogP contribution in [0.5, 0.6) is 5.75 Å². The summed E-state index contributed by atoms with van der Waals surface area (Å²) in [4.78, 5) is 29.8. The number of hydrogen-bond acceptors (Lipinski definition) is 5. The third kappa shape index (κ3) is 4.48. The van der Waals surface area contributed by atoms with Crippen LogP contribution in [0.4, 0.5) is 14.5 Å². The SMILES string of the molecule is CCCOc1ccc(C2=C(N3CC(C)OC(C)C3)C(=O)N(c3ccc(F)c(F)c3)C2=O)cc1. The van der Waals surface area contributed by atoms with Crippen LogP contribution in [-0.2, 0) is 14.3 Å². The van der Waals surface area contributed by atoms with Gasteiger partial charge in [0.1, 0.15) is 11.4 Å². The Balaban J connectivity index is 1.78. The fourth-order valence-corrected chi connectivity index (χ4v) is 4.23. The minimum atomic E-state index is -1.13. The lowest BCUT2D eigenvalue weighted by Crippen LogP contribution is -2.47. The second-order valence-corrected chi connectivity index (χ2v) is 8.30. The van der Waals surface area contributed by atoms with Crippen molar-refractivity contribution in [2.24, 2.45) is 0 Å². The molecular formula is C25H26F2N2O4. The first-order valence-corrected chi connectivity index (χ1v) is 11.0. The van der Waals surface area contributed by atoms with Crippen LogP contribution < -0.4 is 9.64 Å². The van der Waals surface area contributed by atoms with Crippen LogP contribution in [0, 0.1) is 11.6 Å². The van der Waals surface area contributed by atoms with E-state index < -0.39 is 23.4 Å². The Morgan fingerprint density at radius 1 is 0.970 bits per heavy atom. The summed E-state index contributed by atoms with van der Waals surface area (Å²) < 4.78 is 38.8. The van der Waals surface area contributed by atoms with Crippen LogP contribution in [0.25, 0.3) is 5.57 Å². The maximum atomic E-state index is 13.9. The van der Waals surface area contributed by atoms with Crippen LogP contribution in [0.2, 0.25) is 0 Å². The molecule has 0 radical (unpaired) electrons. The van der Waals surface area contributed by atoms with Gasteiger partial charge in [-0.2, -0.15) is 0 Å². The van der Waals surface area contributed by atoms with Crippen LogP contribution >= 0.6 is 0 Å². The molecule has 0 aliphatic carbocycles. The van der Waals surface area contributed by atoms with Crippen LogP contribution in [0.15, 0.2) is 48.2 Å². The Morgan fingerprint density at radius 3 is 2.24 bits per heavy atom. The van der Waals surface area contributed by atoms with Crippen molar-refractivity contribution < 1.29 is 27.8 Å². The first-order chi connectivity index (χ1) is 15.8. The Morgan fingerprint density at radius 2 is 1.64 bits per heavy atom. The van der Waals surface area contributed by atoms with E-state index in [1.807, 2.05) is 25.7 Å². The highest BCUT2D eigenvalue weighted by Crippen LogP contribution is 2.36. The number of carbonyl (C=O) groups is 2. The molecule has 2 aromatic rings. The van der Waals surface area contributed by atoms with Crippen LogP contribution in [0.1, 0.15) is 32.8 Å². The standard InChI is InChI=1S/C25H26F2N2O4/c1-4-11-32-19-8-5-17(6-9-19)22-23(28-13-15(2)33-16(3)14-28)25(31)29(24(22)30)18-7-10-20(26)21(27)12-18/h5-10,12,15-16H,4,11,13-14H2,1-3H3. The molecule has 0 N–H and O–H groups in total. The maximum absolute atomic E-state index is 13.9. The van der Waals surface area contributed by atoms with Gasteiger partial charge in [0.05, 0.1) is 30.1 Å². The molecule has 0 aromatic heterocycles. The second kappa shape index (κ2) is 9.31. The molecule has 8 heteroatoms. The van der Waals surface area contributed by atoms with E-state index in [2.05, 4.69) is 0 Å². The number of imide groups is 1. The van der Waals surface area contributed by atoms with E-state index >= 15 is 0 Å². The molecule has 2 unspecified atom stereocenters. The fraction of sp³-hybridized carbons (Fsp3) is 0.360. The summed E-state index contributed by atoms with van der Waals surface area (Å²) in [5.41, 5.74) is 0.972. The second-order valence-electron chi connectivity index (χ2n) is 8.30. The first kappa shape index (κ1) is 22.9. The third-order valence-corrected chi connectivity index (χ3v) is 5.57. The summed E-state index contributed by atoms with van der Waals surface area (Å²) in [6.45, 7) is 7.22. The van der Waals surface area contributed by atoms with E-state index in [1.54, 1.807) is 24.3 Å². The highest BCUT2D eigenvalue weighted by Gasteiger charge is 2.44. The zero-order valence-corrected chi connectivity index (χ0v) is 18.8. The van der Waals surface area contributed by atoms with Gasteiger partial charge in [0.2, 0.25) is 0 Å². The van der Waals surface area contributed by atoms with Crippen LogP contribution in [0.3, 0.4) is 0 Å². The van der Waals surface area contributed by atoms with Gasteiger partial charge in [-0.1, -0.05) is 19.1 Å². The van der Waals surface area contributed by atoms with Gasteiger partial charge < -0.3 is 14.4 Å². The highest BCUT2D eigenvalue weighted by atomic mass is 19.2. The summed E-state index contributed by atoms with van der Waals surface area (Å²) in [7, 11) is 0. The van der Waals surface area contributed by atoms with Crippen molar-refractivity contribution in [3.8, 4) is 5.75 Å². The summed E-state index contributed by atoms with van der Waals surface area (Å²) in [6.07, 6.45) is 0.570. The molecule has 33 heavy (non-hydrogen) atoms. The van der Waals surface area contributed by atoms with Crippen molar-refractivity contribution in [3.63, 3.8) is 0 Å². The molecular weight excluding hydrogens is 430 g/mol. The van der Waals surface area contributed by atoms with Crippen molar-refractivity contribution in [1.82, 2.24) is 4.90 Å². The molecule has 1 fully saturated rings. The summed E-state index contributed by atoms with van der Waals surface area (Å²) in [5.74, 6) is -2.69. The van der Waals surface area contributed by atoms with E-state index in [0.29, 0.717) is 31.0 Å². The number of anilines is 1. The third-order valence-electron chi connectivity index (χ3n) is 5.57. The number of carbonyl (C=O) groups excluding carboxylic acids is 2. The van der Waals surface area contributed by atoms with Gasteiger partial charge in [0.25, 0.3) is 11.8 Å². The predicted octanol–water partition coefficient (Wildman–Crippen LogP) is 4.15. The van der Waals surface area contributed by atoms with Crippen LogP contribution in [-0.4, -0.2) is 48.6 Å². The molecule has 2 heterocycles. The smallest absolute Gasteiger partial charge is 0.282 e. The highest BCUT2D eigenvalue weighted by molar-refractivity contribution is 6.45. The number of nitrogens with zero attached hydrogens (tertiary/aromatic N) is 2. The topological polar surface area (TPSA) is 59.1 Å². The lowest BCUT2D eigenvalue weighted by atomic mass is 10.0. The largest absolute Gasteiger partial charge is 0.494 e. The zero-order valence-electron chi connectivity index (χ0n) is 18.8. The Labute approximate surface area is 191 Å². The molecule has 0 saturated carbocycles. The summed E-state index contributed by atoms with van der Waals surface area (Å²) in [5, 5.41) is 0. The molecule has 174 valence electrons. The van der Waals surface area contributed by atoms with E-state index in [4.69, 9.17) is 9.47 Å². The molecule has 2 amide bonds. The lowest BCUT2D eigenvalue weighted by molar-refractivity contribution is -0.121. The van der Waals surface area contributed by atoms with Crippen molar-refractivity contribution >= 4 is 23.1 Å². The number of halogens is 2. The molecule has 0 bridgehead atoms. The molecule has 2 aliphatic heterocycles. The van der Waals surface area contributed by atoms with Crippen molar-refractivity contribution in [1.29, 1.82) is 0 Å². The van der Waals surface area contributed by atoms with Gasteiger partial charge in [-0.25, -0.2) is 13.7 Å². The number of morpholine rings is 1. The minimum Gasteiger partial charge on any atom is -0.494 e. The minimum absolute atomic E-state index is 0.0198. The van der Waals surface area contributed by atoms with Crippen molar-refractivity contribution in [2.75, 3.05) is 24.6 Å². The Hall–Kier alpha value is -3.26. The fourth-order valence-electron chi connectivity index (χ4n) is 4.23. The van der Waals surface area contributed by atoms with Gasteiger partial charge in [0, 0.05) is 19.2 Å². The number of rotatable bonds is 6. The number of ether oxygens (including phenoxy) is 2. The lowest BCUT2D eigenvalue weighted by Gasteiger charge is -2.37. The summed E-state index contributed by atoms with van der Waals surface area (Å²) in [6, 6.07) is 9.94. The molecule has 6 nitrogen and oxygen atoms in total. The number of hydrogen-bond donors (Lipinski definition) is 0. The monoisotopic (exact) mass is 456 g/mol. The van der Waals surface area contributed by atoms with Gasteiger partial charge in [-0.05, 0) is 50.1 Å². The average molecular weight is 456 g/mol. The molecule has 0 spiro atoms. The molecule has 1 saturated heterocycles. The molecule has 2 atom stereocenters. The zero-order chi connectivity index (χ0) is 23.7. The van der Waals surface area contributed by atoms with Gasteiger partial charge in [-0.3, -0.25) is 9.59 Å². The van der Waals surface area contributed by atoms with Gasteiger partial charge >= 0.3 is 0 Å². The molecule has 4 rings (SSSR count). The van der Waals surface area contributed by atoms with E-state index in [0.717, 1.165) is 23.5 Å². The van der Waals surface area contributed by atoms with E-state index in [1.165, 1.54) is 6.07 Å². The normalized spacial score (nSPS) is 21.2. The van der Waals surface area contributed by atoms with Gasteiger partial charge in [-0.15, -0.1) is 0 Å². The average Bonchev–Trinajstić information content (AvgIpc) is 3.04. The first-order valence-electron chi connectivity index (χ1n) is 11.0. The quantitative estimate of drug-likeness (QED) is 0.612. The molecule has 2 aromatic carbocycles. The van der Waals surface area contributed by atoms with Gasteiger partial charge in [0.15, 0.2) is 11.6 Å². The van der Waals surface area contributed by atoms with E-state index in [9.17, 15) is 18.4 Å². The molecule has 2 aliphatic rings. The van der Waals surface area contributed by atoms with Crippen molar-refractivity contribution in [3.05, 3.63) is 65.4 Å². The maximum Gasteiger partial charge on any atom is 0.282 e. The number of amides is 2. The Kier molecular flexibility index (Phi) is 6.47.